The molecule has 16 nitrogen and oxygen atoms in total. The Labute approximate surface area is 205 Å². The number of hydrogen-bond acceptors (Lipinski definition) is 15. The molecule has 0 bridgehead atoms. The first-order valence-electron chi connectivity index (χ1n) is 11.4. The maximum atomic E-state index is 11.7. The van der Waals surface area contributed by atoms with E-state index in [-0.39, 0.29) is 0 Å². The first kappa shape index (κ1) is 29.5. The molecule has 3 heterocycles. The van der Waals surface area contributed by atoms with Crippen molar-refractivity contribution in [1.82, 2.24) is 5.32 Å². The van der Waals surface area contributed by atoms with E-state index in [2.05, 4.69) is 5.32 Å². The highest BCUT2D eigenvalue weighted by atomic mass is 16.8. The lowest BCUT2D eigenvalue weighted by atomic mass is 9.95. The standard InChI is InChI=1S/C20H35NO15/c1-5-10(25)14(29)15(30)20(32-5)36-17-16(12(27)8(4-23)33-18(17)31)35-19-9(21-6(2)24)13(28)11(26)7(3-22)34-19/h5,7-20,22-23,25-31H,3-4H2,1-2H3,(H,21,24)/t5-,7+,8+,9+,10+,11+,12-,13+,14+,15-,16-,17+,18?,19-,20-/m0/s1. The van der Waals surface area contributed by atoms with Crippen LogP contribution in [0.15, 0.2) is 0 Å². The maximum absolute atomic E-state index is 11.7. The fourth-order valence-electron chi connectivity index (χ4n) is 4.38. The number of nitrogens with one attached hydrogen (secondary N) is 1. The lowest BCUT2D eigenvalue weighted by Crippen LogP contribution is -2.68. The molecule has 3 saturated heterocycles. The summed E-state index contributed by atoms with van der Waals surface area (Å²) in [4.78, 5) is 11.7. The Morgan fingerprint density at radius 3 is 1.89 bits per heavy atom. The monoisotopic (exact) mass is 529 g/mol. The summed E-state index contributed by atoms with van der Waals surface area (Å²) in [5.41, 5.74) is 0. The second-order valence-corrected chi connectivity index (χ2v) is 9.05. The first-order valence-corrected chi connectivity index (χ1v) is 11.4. The number of carbonyl (C=O) groups excluding carboxylic acids is 1. The Hall–Kier alpha value is -1.09. The molecule has 0 aromatic carbocycles. The zero-order valence-electron chi connectivity index (χ0n) is 19.5. The number of rotatable bonds is 7. The van der Waals surface area contributed by atoms with Gasteiger partial charge in [-0.15, -0.1) is 0 Å². The summed E-state index contributed by atoms with van der Waals surface area (Å²) >= 11 is 0. The van der Waals surface area contributed by atoms with Gasteiger partial charge in [-0.2, -0.15) is 0 Å². The van der Waals surface area contributed by atoms with Crippen LogP contribution in [0, 0.1) is 0 Å². The van der Waals surface area contributed by atoms with Crippen molar-refractivity contribution in [1.29, 1.82) is 0 Å². The van der Waals surface area contributed by atoms with Gasteiger partial charge in [0, 0.05) is 6.92 Å². The van der Waals surface area contributed by atoms with Crippen molar-refractivity contribution in [2.45, 2.75) is 106 Å². The van der Waals surface area contributed by atoms with E-state index in [0.717, 1.165) is 6.92 Å². The van der Waals surface area contributed by atoms with Crippen LogP contribution in [0.5, 0.6) is 0 Å². The maximum Gasteiger partial charge on any atom is 0.217 e. The molecule has 1 amide bonds. The average Bonchev–Trinajstić information content (AvgIpc) is 2.84. The van der Waals surface area contributed by atoms with Crippen molar-refractivity contribution < 1.29 is 74.4 Å². The summed E-state index contributed by atoms with van der Waals surface area (Å²) in [6, 6.07) is -1.41. The van der Waals surface area contributed by atoms with Crippen LogP contribution < -0.4 is 5.32 Å². The SMILES string of the molecule is CC(=O)N[C@H]1[C@H](O[C@H]2[C@@H](O)[C@@H](CO)OC(O)[C@@H]2O[C@@H]2O[C@@H](C)[C@@H](O)[C@@H](O)[C@@H]2O)O[C@H](CO)[C@@H](O)[C@@H]1O. The number of carbonyl (C=O) groups is 1. The Kier molecular flexibility index (Phi) is 9.97. The van der Waals surface area contributed by atoms with Gasteiger partial charge in [-0.3, -0.25) is 4.79 Å². The number of aliphatic hydroxyl groups is 9. The molecule has 15 atom stereocenters. The van der Waals surface area contributed by atoms with Crippen LogP contribution in [-0.2, 0) is 28.5 Å². The Morgan fingerprint density at radius 1 is 0.722 bits per heavy atom. The van der Waals surface area contributed by atoms with Gasteiger partial charge in [0.1, 0.15) is 67.1 Å². The fourth-order valence-corrected chi connectivity index (χ4v) is 4.38. The summed E-state index contributed by atoms with van der Waals surface area (Å²) in [5.74, 6) is -0.639. The lowest BCUT2D eigenvalue weighted by molar-refractivity contribution is -0.380. The Bertz CT molecular complexity index is 731. The largest absolute Gasteiger partial charge is 0.394 e. The van der Waals surface area contributed by atoms with Crippen LogP contribution in [0.3, 0.4) is 0 Å². The molecular formula is C20H35NO15. The van der Waals surface area contributed by atoms with E-state index in [1.54, 1.807) is 0 Å². The molecule has 16 heteroatoms. The third kappa shape index (κ3) is 5.97. The van der Waals surface area contributed by atoms with E-state index in [1.807, 2.05) is 0 Å². The van der Waals surface area contributed by atoms with E-state index in [4.69, 9.17) is 23.7 Å². The molecule has 0 saturated carbocycles. The normalized spacial score (nSPS) is 50.0. The molecule has 0 radical (unpaired) electrons. The van der Waals surface area contributed by atoms with Crippen LogP contribution in [0.1, 0.15) is 13.8 Å². The summed E-state index contributed by atoms with van der Waals surface area (Å²) in [6.07, 6.45) is -22.1. The van der Waals surface area contributed by atoms with E-state index in [0.29, 0.717) is 0 Å². The number of ether oxygens (including phenoxy) is 5. The molecule has 210 valence electrons. The minimum absolute atomic E-state index is 0.639. The highest BCUT2D eigenvalue weighted by Crippen LogP contribution is 2.32. The first-order chi connectivity index (χ1) is 16.9. The van der Waals surface area contributed by atoms with Gasteiger partial charge in [0.2, 0.25) is 5.91 Å². The van der Waals surface area contributed by atoms with E-state index >= 15 is 0 Å². The quantitative estimate of drug-likeness (QED) is 0.147. The molecule has 0 aromatic heterocycles. The number of aliphatic hydroxyl groups excluding tert-OH is 9. The van der Waals surface area contributed by atoms with Gasteiger partial charge >= 0.3 is 0 Å². The zero-order valence-corrected chi connectivity index (χ0v) is 19.5. The number of hydrogen-bond donors (Lipinski definition) is 10. The lowest BCUT2D eigenvalue weighted by Gasteiger charge is -2.48. The van der Waals surface area contributed by atoms with Crippen molar-refractivity contribution in [2.24, 2.45) is 0 Å². The minimum atomic E-state index is -1.89. The molecular weight excluding hydrogens is 494 g/mol. The second kappa shape index (κ2) is 12.2. The summed E-state index contributed by atoms with van der Waals surface area (Å²) < 4.78 is 27.4. The molecule has 3 fully saturated rings. The average molecular weight is 529 g/mol. The summed E-state index contributed by atoms with van der Waals surface area (Å²) in [7, 11) is 0. The van der Waals surface area contributed by atoms with Crippen molar-refractivity contribution in [3.63, 3.8) is 0 Å². The molecule has 3 aliphatic heterocycles. The predicted molar refractivity (Wildman–Crippen MR) is 111 cm³/mol. The van der Waals surface area contributed by atoms with Crippen LogP contribution in [0.2, 0.25) is 0 Å². The van der Waals surface area contributed by atoms with Gasteiger partial charge in [-0.05, 0) is 6.92 Å². The smallest absolute Gasteiger partial charge is 0.217 e. The summed E-state index contributed by atoms with van der Waals surface area (Å²) in [6.45, 7) is 1.00. The van der Waals surface area contributed by atoms with Gasteiger partial charge in [-0.25, -0.2) is 0 Å². The van der Waals surface area contributed by atoms with Crippen molar-refractivity contribution >= 4 is 5.91 Å². The number of amides is 1. The minimum Gasteiger partial charge on any atom is -0.394 e. The van der Waals surface area contributed by atoms with Crippen LogP contribution in [0.25, 0.3) is 0 Å². The van der Waals surface area contributed by atoms with Crippen molar-refractivity contribution in [3.8, 4) is 0 Å². The van der Waals surface area contributed by atoms with Crippen molar-refractivity contribution in [2.75, 3.05) is 13.2 Å². The van der Waals surface area contributed by atoms with E-state index in [9.17, 15) is 50.8 Å². The van der Waals surface area contributed by atoms with Crippen LogP contribution in [0.4, 0.5) is 0 Å². The molecule has 0 spiro atoms. The zero-order chi connectivity index (χ0) is 26.9. The van der Waals surface area contributed by atoms with Gasteiger partial charge in [0.05, 0.1) is 19.3 Å². The molecule has 3 rings (SSSR count). The molecule has 10 N–H and O–H groups in total. The molecule has 3 aliphatic rings. The molecule has 0 aliphatic carbocycles. The highest BCUT2D eigenvalue weighted by Gasteiger charge is 2.53. The fraction of sp³-hybridized carbons (Fsp3) is 0.950. The summed E-state index contributed by atoms with van der Waals surface area (Å²) in [5, 5.41) is 93.7. The predicted octanol–water partition coefficient (Wildman–Crippen LogP) is -6.40. The van der Waals surface area contributed by atoms with E-state index < -0.39 is 111 Å². The third-order valence-electron chi connectivity index (χ3n) is 6.46. The molecule has 0 aromatic rings. The second-order valence-electron chi connectivity index (χ2n) is 9.05. The Balaban J connectivity index is 1.88. The Morgan fingerprint density at radius 2 is 1.31 bits per heavy atom. The van der Waals surface area contributed by atoms with Gasteiger partial charge < -0.3 is 75.0 Å². The molecule has 1 unspecified atom stereocenters. The van der Waals surface area contributed by atoms with Gasteiger partial charge in [0.25, 0.3) is 0 Å². The van der Waals surface area contributed by atoms with Gasteiger partial charge in [-0.1, -0.05) is 0 Å². The van der Waals surface area contributed by atoms with Crippen molar-refractivity contribution in [3.05, 3.63) is 0 Å². The topological polar surface area (TPSA) is 257 Å². The van der Waals surface area contributed by atoms with Gasteiger partial charge in [0.15, 0.2) is 18.9 Å². The van der Waals surface area contributed by atoms with Crippen LogP contribution in [-0.4, -0.2) is 157 Å². The molecule has 36 heavy (non-hydrogen) atoms. The highest BCUT2D eigenvalue weighted by molar-refractivity contribution is 5.73. The van der Waals surface area contributed by atoms with E-state index in [1.165, 1.54) is 6.92 Å². The third-order valence-corrected chi connectivity index (χ3v) is 6.46. The van der Waals surface area contributed by atoms with Crippen LogP contribution >= 0.6 is 0 Å².